The molecule has 2 nitrogen and oxygen atoms in total. The first-order valence-electron chi connectivity index (χ1n) is 2.69. The number of hydrogen-bond donors (Lipinski definition) is 2. The van der Waals surface area contributed by atoms with Gasteiger partial charge in [0.05, 0.1) is 5.88 Å². The zero-order chi connectivity index (χ0) is 6.53. The van der Waals surface area contributed by atoms with E-state index in [4.69, 9.17) is 0 Å². The van der Waals surface area contributed by atoms with Crippen LogP contribution in [0.2, 0.25) is 0 Å². The zero-order valence-electron chi connectivity index (χ0n) is 4.91. The van der Waals surface area contributed by atoms with E-state index in [-0.39, 0.29) is 0 Å². The highest BCUT2D eigenvalue weighted by Gasteiger charge is 1.83. The van der Waals surface area contributed by atoms with E-state index in [0.717, 1.165) is 5.82 Å². The lowest BCUT2D eigenvalue weighted by molar-refractivity contribution is 1.28. The third-order valence-electron chi connectivity index (χ3n) is 0.925. The van der Waals surface area contributed by atoms with Gasteiger partial charge in [-0.3, -0.25) is 0 Å². The van der Waals surface area contributed by atoms with E-state index in [2.05, 4.69) is 22.9 Å². The highest BCUT2D eigenvalue weighted by atomic mass is 32.1. The van der Waals surface area contributed by atoms with Gasteiger partial charge in [0.15, 0.2) is 0 Å². The fraction of sp³-hybridized carbons (Fsp3) is 0.167. The van der Waals surface area contributed by atoms with Gasteiger partial charge in [0.1, 0.15) is 5.82 Å². The number of rotatable bonds is 2. The summed E-state index contributed by atoms with van der Waals surface area (Å²) in [7, 11) is 0. The molecule has 0 spiro atoms. The van der Waals surface area contributed by atoms with Crippen molar-refractivity contribution in [2.75, 3.05) is 11.2 Å². The fourth-order valence-electron chi connectivity index (χ4n) is 0.548. The van der Waals surface area contributed by atoms with Gasteiger partial charge in [-0.15, -0.1) is 0 Å². The minimum atomic E-state index is 0.622. The van der Waals surface area contributed by atoms with Crippen LogP contribution in [0.3, 0.4) is 0 Å². The summed E-state index contributed by atoms with van der Waals surface area (Å²) < 4.78 is 0. The van der Waals surface area contributed by atoms with Gasteiger partial charge in [-0.2, -0.15) is 12.6 Å². The van der Waals surface area contributed by atoms with Gasteiger partial charge >= 0.3 is 0 Å². The smallest absolute Gasteiger partial charge is 0.126 e. The molecule has 3 heteroatoms. The maximum Gasteiger partial charge on any atom is 0.126 e. The van der Waals surface area contributed by atoms with Gasteiger partial charge in [-0.1, -0.05) is 6.07 Å². The molecule has 0 unspecified atom stereocenters. The number of hydrogen-bond acceptors (Lipinski definition) is 3. The Morgan fingerprint density at radius 2 is 2.44 bits per heavy atom. The lowest BCUT2D eigenvalue weighted by atomic mass is 10.5. The third-order valence-corrected chi connectivity index (χ3v) is 1.08. The zero-order valence-corrected chi connectivity index (χ0v) is 5.81. The van der Waals surface area contributed by atoms with Crippen LogP contribution in [0.25, 0.3) is 0 Å². The summed E-state index contributed by atoms with van der Waals surface area (Å²) in [6.07, 6.45) is 1.74. The lowest BCUT2D eigenvalue weighted by Gasteiger charge is -1.97. The van der Waals surface area contributed by atoms with Crippen LogP contribution in [0, 0.1) is 0 Å². The van der Waals surface area contributed by atoms with Crippen LogP contribution in [0.15, 0.2) is 24.4 Å². The van der Waals surface area contributed by atoms with Crippen molar-refractivity contribution >= 4 is 18.4 Å². The van der Waals surface area contributed by atoms with Crippen molar-refractivity contribution in [1.82, 2.24) is 4.98 Å². The Hall–Kier alpha value is -0.700. The SMILES string of the molecule is SCNc1ccccn1. The van der Waals surface area contributed by atoms with Crippen molar-refractivity contribution in [3.63, 3.8) is 0 Å². The Balaban J connectivity index is 2.61. The van der Waals surface area contributed by atoms with E-state index < -0.39 is 0 Å². The summed E-state index contributed by atoms with van der Waals surface area (Å²) in [5.41, 5.74) is 0. The normalized spacial score (nSPS) is 9.00. The number of thiol groups is 1. The largest absolute Gasteiger partial charge is 0.361 e. The van der Waals surface area contributed by atoms with Gasteiger partial charge in [0.25, 0.3) is 0 Å². The molecule has 48 valence electrons. The first-order valence-corrected chi connectivity index (χ1v) is 3.32. The van der Waals surface area contributed by atoms with Gasteiger partial charge in [-0.25, -0.2) is 4.98 Å². The molecule has 1 aromatic rings. The Morgan fingerprint density at radius 3 is 3.00 bits per heavy atom. The lowest BCUT2D eigenvalue weighted by Crippen LogP contribution is -1.95. The molecule has 0 amide bonds. The van der Waals surface area contributed by atoms with Gasteiger partial charge in [-0.05, 0) is 12.1 Å². The average molecular weight is 140 g/mol. The molecular formula is C6H8N2S. The maximum atomic E-state index is 4.01. The van der Waals surface area contributed by atoms with E-state index in [1.54, 1.807) is 6.20 Å². The number of pyridine rings is 1. The second-order valence-corrected chi connectivity index (χ2v) is 1.87. The number of nitrogens with zero attached hydrogens (tertiary/aromatic N) is 1. The van der Waals surface area contributed by atoms with Crippen LogP contribution in [0.5, 0.6) is 0 Å². The Bertz CT molecular complexity index is 164. The predicted octanol–water partition coefficient (Wildman–Crippen LogP) is 1.38. The van der Waals surface area contributed by atoms with Crippen molar-refractivity contribution in [3.05, 3.63) is 24.4 Å². The third kappa shape index (κ3) is 1.93. The highest BCUT2D eigenvalue weighted by molar-refractivity contribution is 7.80. The second kappa shape index (κ2) is 3.35. The van der Waals surface area contributed by atoms with Crippen LogP contribution < -0.4 is 5.32 Å². The molecule has 1 rings (SSSR count). The summed E-state index contributed by atoms with van der Waals surface area (Å²) in [4.78, 5) is 4.01. The van der Waals surface area contributed by atoms with Crippen LogP contribution in [0.1, 0.15) is 0 Å². The molecule has 0 saturated carbocycles. The molecule has 0 fully saturated rings. The first-order chi connectivity index (χ1) is 4.43. The Labute approximate surface area is 59.7 Å². The van der Waals surface area contributed by atoms with Crippen molar-refractivity contribution in [1.29, 1.82) is 0 Å². The predicted molar refractivity (Wildman–Crippen MR) is 41.7 cm³/mol. The standard InChI is InChI=1S/C6H8N2S/c9-5-8-6-3-1-2-4-7-6/h1-4,9H,5H2,(H,7,8). The first kappa shape index (κ1) is 6.42. The average Bonchev–Trinajstić information content (AvgIpc) is 1.91. The quantitative estimate of drug-likeness (QED) is 0.479. The van der Waals surface area contributed by atoms with Crippen molar-refractivity contribution in [3.8, 4) is 0 Å². The fourth-order valence-corrected chi connectivity index (χ4v) is 0.710. The van der Waals surface area contributed by atoms with Crippen LogP contribution in [-0.4, -0.2) is 10.9 Å². The summed E-state index contributed by atoms with van der Waals surface area (Å²) in [6.45, 7) is 0. The van der Waals surface area contributed by atoms with E-state index in [1.165, 1.54) is 0 Å². The second-order valence-electron chi connectivity index (χ2n) is 1.55. The van der Waals surface area contributed by atoms with Gasteiger partial charge in [0, 0.05) is 6.20 Å². The van der Waals surface area contributed by atoms with Crippen molar-refractivity contribution in [2.45, 2.75) is 0 Å². The van der Waals surface area contributed by atoms with Crippen LogP contribution in [-0.2, 0) is 0 Å². The van der Waals surface area contributed by atoms with Gasteiger partial charge < -0.3 is 5.32 Å². The molecule has 0 aliphatic rings. The summed E-state index contributed by atoms with van der Waals surface area (Å²) in [5.74, 6) is 1.49. The molecule has 0 aliphatic heterocycles. The molecule has 0 aliphatic carbocycles. The molecule has 1 N–H and O–H groups in total. The number of aromatic nitrogens is 1. The molecule has 1 heterocycles. The molecule has 0 saturated heterocycles. The van der Waals surface area contributed by atoms with Crippen LogP contribution >= 0.6 is 12.6 Å². The van der Waals surface area contributed by atoms with E-state index >= 15 is 0 Å². The van der Waals surface area contributed by atoms with Crippen molar-refractivity contribution in [2.24, 2.45) is 0 Å². The topological polar surface area (TPSA) is 24.9 Å². The summed E-state index contributed by atoms with van der Waals surface area (Å²) in [6, 6.07) is 5.71. The summed E-state index contributed by atoms with van der Waals surface area (Å²) >= 11 is 3.98. The van der Waals surface area contributed by atoms with E-state index in [9.17, 15) is 0 Å². The van der Waals surface area contributed by atoms with Gasteiger partial charge in [0.2, 0.25) is 0 Å². The maximum absolute atomic E-state index is 4.01. The molecule has 0 bridgehead atoms. The molecule has 9 heavy (non-hydrogen) atoms. The minimum absolute atomic E-state index is 0.622. The monoisotopic (exact) mass is 140 g/mol. The molecule has 0 aromatic carbocycles. The molecular weight excluding hydrogens is 132 g/mol. The van der Waals surface area contributed by atoms with Crippen LogP contribution in [0.4, 0.5) is 5.82 Å². The highest BCUT2D eigenvalue weighted by Crippen LogP contribution is 1.98. The molecule has 1 aromatic heterocycles. The van der Waals surface area contributed by atoms with Crippen molar-refractivity contribution < 1.29 is 0 Å². The summed E-state index contributed by atoms with van der Waals surface area (Å²) in [5, 5.41) is 2.96. The Kier molecular flexibility index (Phi) is 2.39. The Morgan fingerprint density at radius 1 is 1.56 bits per heavy atom. The molecule has 0 atom stereocenters. The molecule has 0 radical (unpaired) electrons. The van der Waals surface area contributed by atoms with E-state index in [0.29, 0.717) is 5.88 Å². The minimum Gasteiger partial charge on any atom is -0.361 e. The van der Waals surface area contributed by atoms with E-state index in [1.807, 2.05) is 18.2 Å². The number of nitrogens with one attached hydrogen (secondary N) is 1. The number of anilines is 1.